The topological polar surface area (TPSA) is 132 Å². The normalized spacial score (nSPS) is 23.4. The summed E-state index contributed by atoms with van der Waals surface area (Å²) in [4.78, 5) is 16.5. The second kappa shape index (κ2) is 9.34. The predicted molar refractivity (Wildman–Crippen MR) is 140 cm³/mol. The molecule has 0 aliphatic carbocycles. The summed E-state index contributed by atoms with van der Waals surface area (Å²) in [6, 6.07) is 13.5. The number of hydrogen-bond acceptors (Lipinski definition) is 9. The average Bonchev–Trinajstić information content (AvgIpc) is 3.55. The Morgan fingerprint density at radius 1 is 1.05 bits per heavy atom. The van der Waals surface area contributed by atoms with Crippen LogP contribution < -0.4 is 4.74 Å². The minimum absolute atomic E-state index is 0.229. The average molecular weight is 542 g/mol. The number of fused-ring (bicyclic) bond motifs is 2. The molecular weight excluding hydrogens is 518 g/mol. The number of ether oxygens (including phenoxy) is 3. The molecule has 0 radical (unpaired) electrons. The van der Waals surface area contributed by atoms with E-state index >= 15 is 0 Å². The van der Waals surface area contributed by atoms with Crippen molar-refractivity contribution < 1.29 is 23.5 Å². The molecule has 6 rings (SSSR count). The molecule has 2 saturated heterocycles. The van der Waals surface area contributed by atoms with Gasteiger partial charge in [0.05, 0.1) is 23.9 Å². The van der Waals surface area contributed by atoms with Crippen LogP contribution in [0.15, 0.2) is 53.0 Å². The van der Waals surface area contributed by atoms with E-state index in [1.54, 1.807) is 30.8 Å². The lowest BCUT2D eigenvalue weighted by Gasteiger charge is -2.15. The number of nitrogens with one attached hydrogen (secondary N) is 1. The molecule has 0 amide bonds. The minimum atomic E-state index is -2.26. The number of aliphatic hydroxyl groups is 1. The maximum atomic E-state index is 11.9. The van der Waals surface area contributed by atoms with E-state index < -0.39 is 15.8 Å². The number of hydrogen-bond donors (Lipinski definition) is 2. The Morgan fingerprint density at radius 3 is 2.51 bits per heavy atom. The standard InChI is InChI=1S/C25H24ClN5O5S/c1-37(2,33)31-20-8-7-15(10-27-20)13-3-5-14(6-4-13)21-16(26)9-17-24(29-21)30-25(28-17)36-19-12-35-22-18(32)11-34-23(19)22/h3-10,18-19,22-23,32H,11-12H2,1-2H3,(H,28,29,30)/t18-,19-,22?,23?/m1/s1. The van der Waals surface area contributed by atoms with Crippen LogP contribution in [-0.4, -0.2) is 79.4 Å². The van der Waals surface area contributed by atoms with Crippen molar-refractivity contribution in [2.24, 2.45) is 4.36 Å². The first-order valence-corrected chi connectivity index (χ1v) is 14.3. The van der Waals surface area contributed by atoms with Crippen LogP contribution in [0, 0.1) is 0 Å². The van der Waals surface area contributed by atoms with Crippen molar-refractivity contribution in [3.8, 4) is 28.4 Å². The van der Waals surface area contributed by atoms with Gasteiger partial charge in [-0.25, -0.2) is 14.2 Å². The SMILES string of the molecule is CS(C)(=O)=Nc1ccc(-c2ccc(-c3nc4[nH]c(O[C@@H]5COC6C5OC[C@H]6O)nc4cc3Cl)cc2)cn1. The smallest absolute Gasteiger partial charge is 0.296 e. The molecule has 2 unspecified atom stereocenters. The van der Waals surface area contributed by atoms with Crippen molar-refractivity contribution >= 4 is 38.3 Å². The Bertz CT molecular complexity index is 1580. The molecule has 4 atom stereocenters. The molecule has 0 spiro atoms. The summed E-state index contributed by atoms with van der Waals surface area (Å²) in [5.41, 5.74) is 4.42. The van der Waals surface area contributed by atoms with Gasteiger partial charge in [0.2, 0.25) is 0 Å². The highest BCUT2D eigenvalue weighted by molar-refractivity contribution is 7.92. The number of H-pyrrole nitrogens is 1. The third-order valence-electron chi connectivity index (χ3n) is 6.20. The monoisotopic (exact) mass is 541 g/mol. The van der Waals surface area contributed by atoms with Crippen molar-refractivity contribution in [2.75, 3.05) is 25.7 Å². The van der Waals surface area contributed by atoms with Crippen LogP contribution in [0.2, 0.25) is 5.02 Å². The van der Waals surface area contributed by atoms with E-state index in [0.29, 0.717) is 34.3 Å². The Balaban J connectivity index is 1.22. The fraction of sp³-hybridized carbons (Fsp3) is 0.320. The Morgan fingerprint density at radius 2 is 1.78 bits per heavy atom. The largest absolute Gasteiger partial charge is 0.456 e. The van der Waals surface area contributed by atoms with Gasteiger partial charge < -0.3 is 19.3 Å². The van der Waals surface area contributed by atoms with Crippen LogP contribution in [0.5, 0.6) is 6.01 Å². The number of aliphatic hydroxyl groups excluding tert-OH is 1. The lowest BCUT2D eigenvalue weighted by Crippen LogP contribution is -2.34. The Labute approximate surface area is 218 Å². The predicted octanol–water partition coefficient (Wildman–Crippen LogP) is 3.61. The van der Waals surface area contributed by atoms with Crippen LogP contribution in [0.3, 0.4) is 0 Å². The van der Waals surface area contributed by atoms with E-state index in [1.165, 1.54) is 0 Å². The lowest BCUT2D eigenvalue weighted by atomic mass is 10.0. The highest BCUT2D eigenvalue weighted by Crippen LogP contribution is 2.33. The molecule has 0 saturated carbocycles. The van der Waals surface area contributed by atoms with E-state index in [2.05, 4.69) is 24.3 Å². The first kappa shape index (κ1) is 24.3. The molecule has 192 valence electrons. The van der Waals surface area contributed by atoms with Crippen LogP contribution in [0.1, 0.15) is 0 Å². The molecule has 2 aliphatic rings. The molecule has 5 heterocycles. The van der Waals surface area contributed by atoms with Crippen LogP contribution in [-0.2, 0) is 19.2 Å². The zero-order valence-corrected chi connectivity index (χ0v) is 21.6. The van der Waals surface area contributed by atoms with Gasteiger partial charge in [0.25, 0.3) is 6.01 Å². The second-order valence-corrected chi connectivity index (χ2v) is 12.3. The van der Waals surface area contributed by atoms with Crippen molar-refractivity contribution in [1.29, 1.82) is 0 Å². The molecule has 37 heavy (non-hydrogen) atoms. The first-order chi connectivity index (χ1) is 17.7. The summed E-state index contributed by atoms with van der Waals surface area (Å²) in [6.07, 6.45) is 3.11. The van der Waals surface area contributed by atoms with Crippen LogP contribution in [0.25, 0.3) is 33.5 Å². The van der Waals surface area contributed by atoms with E-state index in [0.717, 1.165) is 16.7 Å². The number of nitrogens with zero attached hydrogens (tertiary/aromatic N) is 4. The van der Waals surface area contributed by atoms with Gasteiger partial charge in [-0.15, -0.1) is 0 Å². The van der Waals surface area contributed by atoms with E-state index in [4.69, 9.17) is 25.8 Å². The van der Waals surface area contributed by atoms with Gasteiger partial charge in [0.15, 0.2) is 17.6 Å². The quantitative estimate of drug-likeness (QED) is 0.391. The van der Waals surface area contributed by atoms with Crippen LogP contribution >= 0.6 is 11.6 Å². The van der Waals surface area contributed by atoms with E-state index in [-0.39, 0.29) is 30.9 Å². The van der Waals surface area contributed by atoms with E-state index in [1.807, 2.05) is 30.3 Å². The lowest BCUT2D eigenvalue weighted by molar-refractivity contribution is 0.00706. The molecular formula is C25H24ClN5O5S. The maximum Gasteiger partial charge on any atom is 0.296 e. The maximum absolute atomic E-state index is 11.9. The van der Waals surface area contributed by atoms with Gasteiger partial charge in [0, 0.05) is 39.6 Å². The Kier molecular flexibility index (Phi) is 6.12. The van der Waals surface area contributed by atoms with Gasteiger partial charge in [-0.2, -0.15) is 9.35 Å². The number of imidazole rings is 1. The van der Waals surface area contributed by atoms with Gasteiger partial charge in [-0.05, 0) is 23.8 Å². The van der Waals surface area contributed by atoms with Crippen LogP contribution in [0.4, 0.5) is 5.82 Å². The molecule has 1 aromatic carbocycles. The molecule has 2 fully saturated rings. The van der Waals surface area contributed by atoms with Crippen molar-refractivity contribution in [1.82, 2.24) is 19.9 Å². The summed E-state index contributed by atoms with van der Waals surface area (Å²) in [5.74, 6) is 0.441. The van der Waals surface area contributed by atoms with Gasteiger partial charge in [0.1, 0.15) is 23.8 Å². The number of aromatic nitrogens is 4. The zero-order chi connectivity index (χ0) is 25.7. The molecule has 10 nitrogen and oxygen atoms in total. The third kappa shape index (κ3) is 4.92. The highest BCUT2D eigenvalue weighted by atomic mass is 35.5. The number of pyridine rings is 2. The highest BCUT2D eigenvalue weighted by Gasteiger charge is 2.48. The fourth-order valence-corrected chi connectivity index (χ4v) is 5.31. The summed E-state index contributed by atoms with van der Waals surface area (Å²) in [5, 5.41) is 10.4. The fourth-order valence-electron chi connectivity index (χ4n) is 4.50. The van der Waals surface area contributed by atoms with Gasteiger partial charge in [-0.3, -0.25) is 4.98 Å². The second-order valence-electron chi connectivity index (χ2n) is 9.30. The summed E-state index contributed by atoms with van der Waals surface area (Å²) in [7, 11) is -2.26. The van der Waals surface area contributed by atoms with Crippen molar-refractivity contribution in [3.63, 3.8) is 0 Å². The number of halogens is 1. The molecule has 2 N–H and O–H groups in total. The Hall–Kier alpha value is -3.09. The first-order valence-electron chi connectivity index (χ1n) is 11.6. The zero-order valence-electron chi connectivity index (χ0n) is 20.0. The number of aromatic amines is 1. The number of benzene rings is 1. The number of rotatable bonds is 5. The summed E-state index contributed by atoms with van der Waals surface area (Å²) < 4.78 is 33.2. The summed E-state index contributed by atoms with van der Waals surface area (Å²) >= 11 is 6.56. The van der Waals surface area contributed by atoms with Gasteiger partial charge >= 0.3 is 0 Å². The molecule has 4 aromatic rings. The molecule has 3 aromatic heterocycles. The van der Waals surface area contributed by atoms with E-state index in [9.17, 15) is 9.32 Å². The van der Waals surface area contributed by atoms with Crippen molar-refractivity contribution in [2.45, 2.75) is 24.4 Å². The minimum Gasteiger partial charge on any atom is -0.456 e. The van der Waals surface area contributed by atoms with Crippen molar-refractivity contribution in [3.05, 3.63) is 53.7 Å². The summed E-state index contributed by atoms with van der Waals surface area (Å²) in [6.45, 7) is 0.535. The third-order valence-corrected chi connectivity index (χ3v) is 7.12. The molecule has 2 aliphatic heterocycles. The van der Waals surface area contributed by atoms with Gasteiger partial charge in [-0.1, -0.05) is 35.9 Å². The molecule has 0 bridgehead atoms. The molecule has 12 heteroatoms.